The van der Waals surface area contributed by atoms with Crippen LogP contribution in [0.2, 0.25) is 0 Å². The number of aliphatic hydroxyl groups is 1. The molecule has 10 heteroatoms. The van der Waals surface area contributed by atoms with E-state index in [0.717, 1.165) is 42.2 Å². The number of nitrogens with one attached hydrogen (secondary N) is 2. The van der Waals surface area contributed by atoms with E-state index in [0.29, 0.717) is 21.7 Å². The van der Waals surface area contributed by atoms with Crippen LogP contribution in [0.25, 0.3) is 0 Å². The molecule has 3 heterocycles. The molecule has 0 amide bonds. The van der Waals surface area contributed by atoms with E-state index in [1.807, 2.05) is 30.0 Å². The van der Waals surface area contributed by atoms with Crippen LogP contribution in [0, 0.1) is 0 Å². The average molecular weight is 467 g/mol. The van der Waals surface area contributed by atoms with E-state index in [1.165, 1.54) is 15.6 Å². The molecule has 0 bridgehead atoms. The molecule has 0 spiro atoms. The average Bonchev–Trinajstić information content (AvgIpc) is 3.50. The summed E-state index contributed by atoms with van der Waals surface area (Å²) in [6, 6.07) is 9.28. The standard InChI is InChI=1S/C20H26N4O3S3/c1-24(30(26,27)18-6-3-11-28-18)17-5-2-4-14-12-16(23-19(14)17)20-22-13-15(29-20)7-8-21-9-10-25/h2-6,11,15-16,21,23,25H,7-10,12-13H2,1H3. The second-order valence-corrected chi connectivity index (χ2v) is 11.8. The van der Waals surface area contributed by atoms with Gasteiger partial charge in [-0.25, -0.2) is 8.42 Å². The van der Waals surface area contributed by atoms with Crippen LogP contribution >= 0.6 is 23.1 Å². The molecule has 30 heavy (non-hydrogen) atoms. The Morgan fingerprint density at radius 3 is 2.93 bits per heavy atom. The van der Waals surface area contributed by atoms with Crippen LogP contribution < -0.4 is 14.9 Å². The predicted octanol–water partition coefficient (Wildman–Crippen LogP) is 2.40. The summed E-state index contributed by atoms with van der Waals surface area (Å²) in [5, 5.41) is 18.9. The second-order valence-electron chi connectivity index (χ2n) is 7.30. The SMILES string of the molecule is CN(c1cccc2c1NC(C1=NCC(CCNCCO)S1)C2)S(=O)(=O)c1cccs1. The topological polar surface area (TPSA) is 94.0 Å². The van der Waals surface area contributed by atoms with Gasteiger partial charge < -0.3 is 15.7 Å². The minimum absolute atomic E-state index is 0.0828. The number of anilines is 2. The van der Waals surface area contributed by atoms with Crippen molar-refractivity contribution in [3.63, 3.8) is 0 Å². The third-order valence-corrected chi connectivity index (χ3v) is 9.81. The van der Waals surface area contributed by atoms with E-state index in [2.05, 4.69) is 10.6 Å². The molecule has 162 valence electrons. The Bertz CT molecular complexity index is 1010. The number of nitrogens with zero attached hydrogens (tertiary/aromatic N) is 2. The van der Waals surface area contributed by atoms with E-state index in [1.54, 1.807) is 24.6 Å². The number of hydrogen-bond acceptors (Lipinski definition) is 8. The molecule has 0 aliphatic carbocycles. The molecule has 2 aliphatic rings. The van der Waals surface area contributed by atoms with Crippen molar-refractivity contribution in [1.29, 1.82) is 0 Å². The van der Waals surface area contributed by atoms with Crippen molar-refractivity contribution in [1.82, 2.24) is 5.32 Å². The van der Waals surface area contributed by atoms with Gasteiger partial charge in [-0.1, -0.05) is 18.2 Å². The first-order chi connectivity index (χ1) is 14.5. The molecule has 0 radical (unpaired) electrons. The van der Waals surface area contributed by atoms with Gasteiger partial charge >= 0.3 is 0 Å². The smallest absolute Gasteiger partial charge is 0.273 e. The van der Waals surface area contributed by atoms with Crippen LogP contribution in [0.4, 0.5) is 11.4 Å². The van der Waals surface area contributed by atoms with Gasteiger partial charge in [0.2, 0.25) is 0 Å². The van der Waals surface area contributed by atoms with Crippen LogP contribution in [0.3, 0.4) is 0 Å². The van der Waals surface area contributed by atoms with E-state index >= 15 is 0 Å². The van der Waals surface area contributed by atoms with Crippen molar-refractivity contribution in [3.8, 4) is 0 Å². The number of rotatable bonds is 9. The zero-order valence-electron chi connectivity index (χ0n) is 16.7. The van der Waals surface area contributed by atoms with Crippen LogP contribution in [0.5, 0.6) is 0 Å². The summed E-state index contributed by atoms with van der Waals surface area (Å²) in [6.07, 6.45) is 1.81. The molecule has 4 rings (SSSR count). The maximum absolute atomic E-state index is 13.0. The number of aliphatic imine (C=N–C) groups is 1. The minimum Gasteiger partial charge on any atom is -0.395 e. The monoisotopic (exact) mass is 466 g/mol. The highest BCUT2D eigenvalue weighted by Crippen LogP contribution is 2.40. The van der Waals surface area contributed by atoms with Crippen molar-refractivity contribution in [2.75, 3.05) is 42.9 Å². The summed E-state index contributed by atoms with van der Waals surface area (Å²) in [5.74, 6) is 0. The van der Waals surface area contributed by atoms with Gasteiger partial charge in [-0.05, 0) is 36.0 Å². The number of aliphatic hydroxyl groups excluding tert-OH is 1. The molecule has 2 unspecified atom stereocenters. The van der Waals surface area contributed by atoms with Gasteiger partial charge in [0, 0.05) is 25.3 Å². The molecule has 0 saturated carbocycles. The summed E-state index contributed by atoms with van der Waals surface area (Å²) < 4.78 is 27.7. The molecular formula is C20H26N4O3S3. The molecule has 7 nitrogen and oxygen atoms in total. The normalized spacial score (nSPS) is 20.7. The number of thioether (sulfide) groups is 1. The van der Waals surface area contributed by atoms with E-state index in [-0.39, 0.29) is 12.6 Å². The lowest BCUT2D eigenvalue weighted by atomic mass is 10.1. The van der Waals surface area contributed by atoms with Crippen molar-refractivity contribution in [2.24, 2.45) is 4.99 Å². The highest BCUT2D eigenvalue weighted by atomic mass is 32.2. The number of hydrogen-bond donors (Lipinski definition) is 3. The van der Waals surface area contributed by atoms with Gasteiger partial charge in [-0.15, -0.1) is 23.1 Å². The van der Waals surface area contributed by atoms with E-state index in [4.69, 9.17) is 10.1 Å². The van der Waals surface area contributed by atoms with E-state index < -0.39 is 10.0 Å². The zero-order chi connectivity index (χ0) is 21.1. The molecular weight excluding hydrogens is 440 g/mol. The third kappa shape index (κ3) is 4.38. The number of sulfonamides is 1. The quantitative estimate of drug-likeness (QED) is 0.492. The molecule has 2 aromatic rings. The molecule has 2 aliphatic heterocycles. The largest absolute Gasteiger partial charge is 0.395 e. The maximum atomic E-state index is 13.0. The van der Waals surface area contributed by atoms with Crippen molar-refractivity contribution < 1.29 is 13.5 Å². The fourth-order valence-electron chi connectivity index (χ4n) is 3.70. The Labute approximate surface area is 185 Å². The predicted molar refractivity (Wildman–Crippen MR) is 126 cm³/mol. The number of thiophene rings is 1. The highest BCUT2D eigenvalue weighted by Gasteiger charge is 2.33. The lowest BCUT2D eigenvalue weighted by Crippen LogP contribution is -2.28. The van der Waals surface area contributed by atoms with Crippen molar-refractivity contribution >= 4 is 49.5 Å². The lowest BCUT2D eigenvalue weighted by Gasteiger charge is -2.22. The summed E-state index contributed by atoms with van der Waals surface area (Å²) in [5.41, 5.74) is 2.65. The molecule has 1 aromatic heterocycles. The summed E-state index contributed by atoms with van der Waals surface area (Å²) in [7, 11) is -1.97. The van der Waals surface area contributed by atoms with Gasteiger partial charge in [-0.3, -0.25) is 9.30 Å². The molecule has 1 aromatic carbocycles. The van der Waals surface area contributed by atoms with Crippen LogP contribution in [0.15, 0.2) is 44.9 Å². The first-order valence-corrected chi connectivity index (χ1v) is 13.1. The number of benzene rings is 1. The first kappa shape index (κ1) is 21.6. The van der Waals surface area contributed by atoms with Crippen LogP contribution in [0.1, 0.15) is 12.0 Å². The van der Waals surface area contributed by atoms with Crippen molar-refractivity contribution in [3.05, 3.63) is 41.3 Å². The lowest BCUT2D eigenvalue weighted by molar-refractivity contribution is 0.292. The fourth-order valence-corrected chi connectivity index (χ4v) is 7.25. The Balaban J connectivity index is 1.44. The number of para-hydroxylation sites is 1. The van der Waals surface area contributed by atoms with Crippen LogP contribution in [-0.2, 0) is 16.4 Å². The molecule has 3 N–H and O–H groups in total. The highest BCUT2D eigenvalue weighted by molar-refractivity contribution is 8.14. The molecule has 2 atom stereocenters. The summed E-state index contributed by atoms with van der Waals surface area (Å²) in [6.45, 7) is 2.45. The van der Waals surface area contributed by atoms with Crippen molar-refractivity contribution in [2.45, 2.75) is 28.3 Å². The van der Waals surface area contributed by atoms with Gasteiger partial charge in [0.15, 0.2) is 0 Å². The molecule has 0 saturated heterocycles. The zero-order valence-corrected chi connectivity index (χ0v) is 19.2. The van der Waals surface area contributed by atoms with Gasteiger partial charge in [-0.2, -0.15) is 0 Å². The van der Waals surface area contributed by atoms with Gasteiger partial charge in [0.25, 0.3) is 10.0 Å². The molecule has 0 fully saturated rings. The maximum Gasteiger partial charge on any atom is 0.273 e. The van der Waals surface area contributed by atoms with Crippen LogP contribution in [-0.4, -0.2) is 63.1 Å². The Morgan fingerprint density at radius 2 is 2.17 bits per heavy atom. The first-order valence-electron chi connectivity index (χ1n) is 9.94. The Hall–Kier alpha value is -1.59. The summed E-state index contributed by atoms with van der Waals surface area (Å²) >= 11 is 3.03. The second kappa shape index (κ2) is 9.27. The third-order valence-electron chi connectivity index (χ3n) is 5.29. The minimum atomic E-state index is -3.58. The summed E-state index contributed by atoms with van der Waals surface area (Å²) in [4.78, 5) is 4.75. The van der Waals surface area contributed by atoms with Gasteiger partial charge in [0.05, 0.1) is 35.6 Å². The van der Waals surface area contributed by atoms with Gasteiger partial charge in [0.1, 0.15) is 4.21 Å². The Kier molecular flexibility index (Phi) is 6.69. The van der Waals surface area contributed by atoms with E-state index in [9.17, 15) is 8.42 Å². The number of fused-ring (bicyclic) bond motifs is 1. The Morgan fingerprint density at radius 1 is 1.30 bits per heavy atom. The fraction of sp³-hybridized carbons (Fsp3) is 0.450.